The lowest BCUT2D eigenvalue weighted by Gasteiger charge is -2.25. The molecule has 0 spiro atoms. The minimum Gasteiger partial charge on any atom is -0.469 e. The van der Waals surface area contributed by atoms with E-state index in [4.69, 9.17) is 4.74 Å². The maximum absolute atomic E-state index is 6.13. The molecule has 3 rings (SSSR count). The van der Waals surface area contributed by atoms with Gasteiger partial charge in [-0.2, -0.15) is 0 Å². The van der Waals surface area contributed by atoms with Crippen molar-refractivity contribution in [1.82, 2.24) is 10.3 Å². The Balaban J connectivity index is 1.80. The van der Waals surface area contributed by atoms with Crippen molar-refractivity contribution in [3.8, 4) is 5.88 Å². The number of aryl methyl sites for hydroxylation is 1. The van der Waals surface area contributed by atoms with E-state index in [-0.39, 0.29) is 6.10 Å². The van der Waals surface area contributed by atoms with Gasteiger partial charge in [-0.3, -0.25) is 0 Å². The van der Waals surface area contributed by atoms with Crippen molar-refractivity contribution in [2.45, 2.75) is 31.9 Å². The molecule has 1 aliphatic rings. The highest BCUT2D eigenvalue weighted by atomic mass is 16.5. The highest BCUT2D eigenvalue weighted by molar-refractivity contribution is 5.32. The fourth-order valence-corrected chi connectivity index (χ4v) is 2.81. The van der Waals surface area contributed by atoms with Crippen LogP contribution in [-0.4, -0.2) is 12.0 Å². The second kappa shape index (κ2) is 6.06. The number of pyridine rings is 1. The van der Waals surface area contributed by atoms with E-state index in [1.165, 1.54) is 23.1 Å². The second-order valence-electron chi connectivity index (χ2n) is 5.23. The number of hydrogen-bond donors (Lipinski definition) is 1. The molecular weight excluding hydrogens is 248 g/mol. The standard InChI is InChI=1S/C17H20N2O/c1-18-12-13-9-10-19-17(11-13)20-16-8-4-6-14-5-2-3-7-15(14)16/h2-3,5,7,9-11,16,18H,4,6,8,12H2,1H3. The Morgan fingerprint density at radius 3 is 3.10 bits per heavy atom. The highest BCUT2D eigenvalue weighted by Crippen LogP contribution is 2.32. The third-order valence-corrected chi connectivity index (χ3v) is 3.76. The fraction of sp³-hybridized carbons (Fsp3) is 0.353. The molecule has 3 heteroatoms. The Kier molecular flexibility index (Phi) is 3.97. The van der Waals surface area contributed by atoms with Gasteiger partial charge < -0.3 is 10.1 Å². The Hall–Kier alpha value is -1.87. The first-order valence-electron chi connectivity index (χ1n) is 7.21. The molecule has 1 N–H and O–H groups in total. The number of benzene rings is 1. The molecule has 0 bridgehead atoms. The molecule has 2 aromatic rings. The van der Waals surface area contributed by atoms with Gasteiger partial charge in [-0.1, -0.05) is 24.3 Å². The predicted octanol–water partition coefficient (Wildman–Crippen LogP) is 3.26. The van der Waals surface area contributed by atoms with Crippen LogP contribution in [0.25, 0.3) is 0 Å². The molecule has 0 saturated carbocycles. The normalized spacial score (nSPS) is 17.6. The van der Waals surface area contributed by atoms with Crippen molar-refractivity contribution in [1.29, 1.82) is 0 Å². The molecule has 0 saturated heterocycles. The summed E-state index contributed by atoms with van der Waals surface area (Å²) >= 11 is 0. The SMILES string of the molecule is CNCc1ccnc(OC2CCCc3ccccc32)c1. The number of aromatic nitrogens is 1. The number of nitrogens with zero attached hydrogens (tertiary/aromatic N) is 1. The van der Waals surface area contributed by atoms with Crippen LogP contribution in [0.3, 0.4) is 0 Å². The quantitative estimate of drug-likeness (QED) is 0.924. The first-order chi connectivity index (χ1) is 9.86. The predicted molar refractivity (Wildman–Crippen MR) is 79.7 cm³/mol. The third kappa shape index (κ3) is 2.83. The lowest BCUT2D eigenvalue weighted by molar-refractivity contribution is 0.175. The summed E-state index contributed by atoms with van der Waals surface area (Å²) in [7, 11) is 1.94. The van der Waals surface area contributed by atoms with Crippen LogP contribution in [0.5, 0.6) is 5.88 Å². The average molecular weight is 268 g/mol. The zero-order chi connectivity index (χ0) is 13.8. The van der Waals surface area contributed by atoms with Gasteiger partial charge in [0, 0.05) is 18.8 Å². The van der Waals surface area contributed by atoms with E-state index in [9.17, 15) is 0 Å². The van der Waals surface area contributed by atoms with Gasteiger partial charge in [-0.05, 0) is 49.1 Å². The van der Waals surface area contributed by atoms with E-state index >= 15 is 0 Å². The van der Waals surface area contributed by atoms with E-state index in [1.54, 1.807) is 0 Å². The zero-order valence-electron chi connectivity index (χ0n) is 11.8. The van der Waals surface area contributed by atoms with Crippen LogP contribution in [0.4, 0.5) is 0 Å². The summed E-state index contributed by atoms with van der Waals surface area (Å²) in [6.45, 7) is 0.833. The van der Waals surface area contributed by atoms with Crippen molar-refractivity contribution < 1.29 is 4.74 Å². The smallest absolute Gasteiger partial charge is 0.214 e. The van der Waals surface area contributed by atoms with Crippen LogP contribution >= 0.6 is 0 Å². The van der Waals surface area contributed by atoms with E-state index in [0.717, 1.165) is 25.3 Å². The van der Waals surface area contributed by atoms with Gasteiger partial charge in [0.05, 0.1) is 0 Å². The summed E-state index contributed by atoms with van der Waals surface area (Å²) in [5.41, 5.74) is 3.93. The second-order valence-corrected chi connectivity index (χ2v) is 5.23. The Labute approximate surface area is 120 Å². The number of fused-ring (bicyclic) bond motifs is 1. The first-order valence-corrected chi connectivity index (χ1v) is 7.21. The lowest BCUT2D eigenvalue weighted by Crippen LogP contribution is -2.16. The molecule has 1 heterocycles. The van der Waals surface area contributed by atoms with E-state index in [0.29, 0.717) is 0 Å². The number of hydrogen-bond acceptors (Lipinski definition) is 3. The van der Waals surface area contributed by atoms with Crippen LogP contribution < -0.4 is 10.1 Å². The molecule has 0 aliphatic heterocycles. The summed E-state index contributed by atoms with van der Waals surface area (Å²) in [6.07, 6.45) is 5.35. The van der Waals surface area contributed by atoms with Gasteiger partial charge in [-0.25, -0.2) is 4.98 Å². The van der Waals surface area contributed by atoms with Crippen molar-refractivity contribution in [3.63, 3.8) is 0 Å². The minimum absolute atomic E-state index is 0.136. The topological polar surface area (TPSA) is 34.2 Å². The molecule has 1 unspecified atom stereocenters. The lowest BCUT2D eigenvalue weighted by atomic mass is 9.89. The minimum atomic E-state index is 0.136. The Morgan fingerprint density at radius 2 is 2.20 bits per heavy atom. The third-order valence-electron chi connectivity index (χ3n) is 3.76. The van der Waals surface area contributed by atoms with E-state index in [1.807, 2.05) is 25.4 Å². The van der Waals surface area contributed by atoms with Gasteiger partial charge in [0.25, 0.3) is 0 Å². The zero-order valence-corrected chi connectivity index (χ0v) is 11.8. The maximum Gasteiger partial charge on any atom is 0.214 e. The number of rotatable bonds is 4. The molecule has 1 atom stereocenters. The van der Waals surface area contributed by atoms with Crippen molar-refractivity contribution in [3.05, 3.63) is 59.3 Å². The molecule has 1 aromatic carbocycles. The van der Waals surface area contributed by atoms with Gasteiger partial charge in [0.15, 0.2) is 0 Å². The summed E-state index contributed by atoms with van der Waals surface area (Å²) < 4.78 is 6.13. The molecule has 20 heavy (non-hydrogen) atoms. The molecule has 0 amide bonds. The average Bonchev–Trinajstić information content (AvgIpc) is 2.48. The maximum atomic E-state index is 6.13. The van der Waals surface area contributed by atoms with Crippen LogP contribution in [-0.2, 0) is 13.0 Å². The van der Waals surface area contributed by atoms with Crippen LogP contribution in [0.1, 0.15) is 35.6 Å². The van der Waals surface area contributed by atoms with Gasteiger partial charge in [0.2, 0.25) is 5.88 Å². The van der Waals surface area contributed by atoms with Crippen molar-refractivity contribution in [2.75, 3.05) is 7.05 Å². The molecule has 3 nitrogen and oxygen atoms in total. The monoisotopic (exact) mass is 268 g/mol. The van der Waals surface area contributed by atoms with Gasteiger partial charge >= 0.3 is 0 Å². The highest BCUT2D eigenvalue weighted by Gasteiger charge is 2.21. The molecule has 104 valence electrons. The summed E-state index contributed by atoms with van der Waals surface area (Å²) in [4.78, 5) is 4.34. The van der Waals surface area contributed by atoms with E-state index in [2.05, 4.69) is 34.6 Å². The Morgan fingerprint density at radius 1 is 1.30 bits per heavy atom. The van der Waals surface area contributed by atoms with Crippen LogP contribution in [0, 0.1) is 0 Å². The molecule has 0 radical (unpaired) electrons. The summed E-state index contributed by atoms with van der Waals surface area (Å²) in [5, 5.41) is 3.15. The summed E-state index contributed by atoms with van der Waals surface area (Å²) in [6, 6.07) is 12.6. The number of ether oxygens (including phenoxy) is 1. The molecule has 1 aromatic heterocycles. The van der Waals surface area contributed by atoms with Crippen molar-refractivity contribution in [2.24, 2.45) is 0 Å². The van der Waals surface area contributed by atoms with Crippen molar-refractivity contribution >= 4 is 0 Å². The number of nitrogens with one attached hydrogen (secondary N) is 1. The molecular formula is C17H20N2O. The summed E-state index contributed by atoms with van der Waals surface area (Å²) in [5.74, 6) is 0.722. The molecule has 0 fully saturated rings. The van der Waals surface area contributed by atoms with Crippen LogP contribution in [0.2, 0.25) is 0 Å². The van der Waals surface area contributed by atoms with Gasteiger partial charge in [-0.15, -0.1) is 0 Å². The van der Waals surface area contributed by atoms with Gasteiger partial charge in [0.1, 0.15) is 6.10 Å². The largest absolute Gasteiger partial charge is 0.469 e. The molecule has 1 aliphatic carbocycles. The van der Waals surface area contributed by atoms with Crippen LogP contribution in [0.15, 0.2) is 42.6 Å². The fourth-order valence-electron chi connectivity index (χ4n) is 2.81. The van der Waals surface area contributed by atoms with E-state index < -0.39 is 0 Å². The first kappa shape index (κ1) is 13.1. The Bertz CT molecular complexity index is 583.